The Kier molecular flexibility index (Phi) is 4.61. The first-order valence-corrected chi connectivity index (χ1v) is 7.38. The van der Waals surface area contributed by atoms with E-state index in [-0.39, 0.29) is 11.9 Å². The second-order valence-corrected chi connectivity index (χ2v) is 5.88. The molecule has 2 rings (SSSR count). The molecule has 3 heteroatoms. The maximum Gasteiger partial charge on any atom is 0.254 e. The molecule has 1 unspecified atom stereocenters. The van der Waals surface area contributed by atoms with Gasteiger partial charge < -0.3 is 4.90 Å². The largest absolute Gasteiger partial charge is 0.335 e. The number of halogens is 1. The van der Waals surface area contributed by atoms with Crippen LogP contribution in [0.4, 0.5) is 0 Å². The number of aryl methyl sites for hydroxylation is 1. The Labute approximate surface area is 128 Å². The van der Waals surface area contributed by atoms with E-state index in [2.05, 4.69) is 15.9 Å². The van der Waals surface area contributed by atoms with Crippen molar-refractivity contribution in [2.24, 2.45) is 0 Å². The Bertz CT molecular complexity index is 610. The normalized spacial score (nSPS) is 12.0. The average Bonchev–Trinajstić information content (AvgIpc) is 2.48. The van der Waals surface area contributed by atoms with Crippen molar-refractivity contribution in [3.63, 3.8) is 0 Å². The van der Waals surface area contributed by atoms with Crippen LogP contribution in [0, 0.1) is 6.92 Å². The number of nitrogens with zero attached hydrogens (tertiary/aromatic N) is 1. The Morgan fingerprint density at radius 2 is 1.80 bits per heavy atom. The molecule has 104 valence electrons. The van der Waals surface area contributed by atoms with Crippen LogP contribution in [-0.4, -0.2) is 17.9 Å². The third-order valence-corrected chi connectivity index (χ3v) is 4.11. The highest BCUT2D eigenvalue weighted by Crippen LogP contribution is 2.23. The van der Waals surface area contributed by atoms with Gasteiger partial charge in [-0.2, -0.15) is 0 Å². The first kappa shape index (κ1) is 14.8. The molecule has 20 heavy (non-hydrogen) atoms. The van der Waals surface area contributed by atoms with E-state index >= 15 is 0 Å². The molecule has 0 N–H and O–H groups in total. The summed E-state index contributed by atoms with van der Waals surface area (Å²) in [6.45, 7) is 4.00. The summed E-state index contributed by atoms with van der Waals surface area (Å²) in [7, 11) is 1.85. The molecule has 0 fully saturated rings. The van der Waals surface area contributed by atoms with E-state index in [4.69, 9.17) is 0 Å². The highest BCUT2D eigenvalue weighted by atomic mass is 79.9. The van der Waals surface area contributed by atoms with Gasteiger partial charge in [-0.05, 0) is 37.1 Å². The molecule has 0 heterocycles. The smallest absolute Gasteiger partial charge is 0.254 e. The Hall–Kier alpha value is -1.61. The lowest BCUT2D eigenvalue weighted by Crippen LogP contribution is -2.30. The van der Waals surface area contributed by atoms with Gasteiger partial charge in [-0.3, -0.25) is 4.79 Å². The molecule has 0 radical (unpaired) electrons. The Morgan fingerprint density at radius 3 is 2.45 bits per heavy atom. The quantitative estimate of drug-likeness (QED) is 0.805. The lowest BCUT2D eigenvalue weighted by Gasteiger charge is -2.26. The van der Waals surface area contributed by atoms with Crippen molar-refractivity contribution < 1.29 is 4.79 Å². The topological polar surface area (TPSA) is 20.3 Å². The fourth-order valence-corrected chi connectivity index (χ4v) is 2.51. The average molecular weight is 332 g/mol. The fraction of sp³-hybridized carbons (Fsp3) is 0.235. The Balaban J connectivity index is 2.27. The number of hydrogen-bond donors (Lipinski definition) is 0. The van der Waals surface area contributed by atoms with E-state index in [0.717, 1.165) is 21.2 Å². The highest BCUT2D eigenvalue weighted by Gasteiger charge is 2.20. The van der Waals surface area contributed by atoms with Gasteiger partial charge in [0.25, 0.3) is 5.91 Å². The predicted molar refractivity (Wildman–Crippen MR) is 85.8 cm³/mol. The van der Waals surface area contributed by atoms with Gasteiger partial charge in [-0.1, -0.05) is 52.3 Å². The van der Waals surface area contributed by atoms with Crippen molar-refractivity contribution in [1.82, 2.24) is 4.90 Å². The molecule has 0 spiro atoms. The molecule has 0 saturated carbocycles. The third kappa shape index (κ3) is 3.10. The summed E-state index contributed by atoms with van der Waals surface area (Å²) in [6, 6.07) is 15.9. The lowest BCUT2D eigenvalue weighted by atomic mass is 10.0. The van der Waals surface area contributed by atoms with Crippen LogP contribution < -0.4 is 0 Å². The van der Waals surface area contributed by atoms with Crippen molar-refractivity contribution in [3.05, 3.63) is 69.7 Å². The minimum atomic E-state index is 0.0418. The number of amides is 1. The zero-order chi connectivity index (χ0) is 14.7. The summed E-state index contributed by atoms with van der Waals surface area (Å²) in [5.74, 6) is 0.0418. The first-order chi connectivity index (χ1) is 9.50. The van der Waals surface area contributed by atoms with Gasteiger partial charge in [0.05, 0.1) is 6.04 Å². The summed E-state index contributed by atoms with van der Waals surface area (Å²) >= 11 is 3.42. The second kappa shape index (κ2) is 6.23. The molecule has 2 nitrogen and oxygen atoms in total. The molecule has 0 aliphatic heterocycles. The van der Waals surface area contributed by atoms with Crippen LogP contribution in [0.3, 0.4) is 0 Å². The van der Waals surface area contributed by atoms with E-state index in [9.17, 15) is 4.79 Å². The van der Waals surface area contributed by atoms with Gasteiger partial charge >= 0.3 is 0 Å². The molecule has 0 bridgehead atoms. The summed E-state index contributed by atoms with van der Waals surface area (Å²) in [6.07, 6.45) is 0. The number of carbonyl (C=O) groups is 1. The van der Waals surface area contributed by atoms with Gasteiger partial charge in [-0.15, -0.1) is 0 Å². The van der Waals surface area contributed by atoms with E-state index in [0.29, 0.717) is 0 Å². The minimum Gasteiger partial charge on any atom is -0.335 e. The van der Waals surface area contributed by atoms with Gasteiger partial charge in [0.1, 0.15) is 0 Å². The predicted octanol–water partition coefficient (Wildman–Crippen LogP) is 4.59. The fourth-order valence-electron chi connectivity index (χ4n) is 2.15. The maximum atomic E-state index is 12.6. The number of benzene rings is 2. The number of carbonyl (C=O) groups excluding carboxylic acids is 1. The van der Waals surface area contributed by atoms with Crippen LogP contribution in [0.1, 0.15) is 34.5 Å². The summed E-state index contributed by atoms with van der Waals surface area (Å²) in [5, 5.41) is 0. The van der Waals surface area contributed by atoms with Gasteiger partial charge in [-0.25, -0.2) is 0 Å². The van der Waals surface area contributed by atoms with E-state index in [1.165, 1.54) is 0 Å². The minimum absolute atomic E-state index is 0.0418. The van der Waals surface area contributed by atoms with Crippen molar-refractivity contribution in [2.75, 3.05) is 7.05 Å². The van der Waals surface area contributed by atoms with Crippen LogP contribution in [0.25, 0.3) is 0 Å². The summed E-state index contributed by atoms with van der Waals surface area (Å²) < 4.78 is 0.923. The van der Waals surface area contributed by atoms with Gasteiger partial charge in [0.2, 0.25) is 0 Å². The number of rotatable bonds is 3. The summed E-state index contributed by atoms with van der Waals surface area (Å²) in [5.41, 5.74) is 2.87. The first-order valence-electron chi connectivity index (χ1n) is 6.59. The molecule has 2 aromatic rings. The monoisotopic (exact) mass is 331 g/mol. The van der Waals surface area contributed by atoms with Crippen molar-refractivity contribution in [2.45, 2.75) is 19.9 Å². The lowest BCUT2D eigenvalue weighted by molar-refractivity contribution is 0.0742. The van der Waals surface area contributed by atoms with E-state index < -0.39 is 0 Å². The molecule has 2 aromatic carbocycles. The van der Waals surface area contributed by atoms with Gasteiger partial charge in [0, 0.05) is 17.1 Å². The van der Waals surface area contributed by atoms with E-state index in [1.807, 2.05) is 69.4 Å². The zero-order valence-corrected chi connectivity index (χ0v) is 13.5. The molecule has 0 aliphatic carbocycles. The highest BCUT2D eigenvalue weighted by molar-refractivity contribution is 9.10. The molecule has 1 amide bonds. The Morgan fingerprint density at radius 1 is 1.15 bits per heavy atom. The maximum absolute atomic E-state index is 12.6. The molecule has 1 atom stereocenters. The van der Waals surface area contributed by atoms with E-state index in [1.54, 1.807) is 4.90 Å². The summed E-state index contributed by atoms with van der Waals surface area (Å²) in [4.78, 5) is 14.4. The van der Waals surface area contributed by atoms with Crippen LogP contribution in [0.2, 0.25) is 0 Å². The SMILES string of the molecule is Cc1ccc(Br)cc1C(=O)N(C)C(C)c1ccccc1. The zero-order valence-electron chi connectivity index (χ0n) is 11.9. The molecular formula is C17H18BrNO. The van der Waals surface area contributed by atoms with Crippen LogP contribution in [0.15, 0.2) is 53.0 Å². The third-order valence-electron chi connectivity index (χ3n) is 3.61. The number of hydrogen-bond acceptors (Lipinski definition) is 1. The van der Waals surface area contributed by atoms with Crippen LogP contribution in [0.5, 0.6) is 0 Å². The van der Waals surface area contributed by atoms with Crippen molar-refractivity contribution in [1.29, 1.82) is 0 Å². The second-order valence-electron chi connectivity index (χ2n) is 4.96. The van der Waals surface area contributed by atoms with Gasteiger partial charge in [0.15, 0.2) is 0 Å². The van der Waals surface area contributed by atoms with Crippen LogP contribution >= 0.6 is 15.9 Å². The standard InChI is InChI=1S/C17H18BrNO/c1-12-9-10-15(18)11-16(12)17(20)19(3)13(2)14-7-5-4-6-8-14/h4-11,13H,1-3H3. The molecule has 0 aliphatic rings. The molecule has 0 aromatic heterocycles. The van der Waals surface area contributed by atoms with Crippen molar-refractivity contribution in [3.8, 4) is 0 Å². The van der Waals surface area contributed by atoms with Crippen molar-refractivity contribution >= 4 is 21.8 Å². The molecule has 0 saturated heterocycles. The van der Waals surface area contributed by atoms with Crippen LogP contribution in [-0.2, 0) is 0 Å². The molecular weight excluding hydrogens is 314 g/mol.